The van der Waals surface area contributed by atoms with Crippen molar-refractivity contribution in [1.82, 2.24) is 0 Å². The molecule has 2 aromatic carbocycles. The molecule has 0 aliphatic carbocycles. The molecule has 0 N–H and O–H groups in total. The van der Waals surface area contributed by atoms with Gasteiger partial charge in [-0.15, -0.1) is 0 Å². The van der Waals surface area contributed by atoms with Crippen molar-refractivity contribution in [3.8, 4) is 5.75 Å². The van der Waals surface area contributed by atoms with Gasteiger partial charge in [0.2, 0.25) is 0 Å². The molecule has 0 saturated heterocycles. The summed E-state index contributed by atoms with van der Waals surface area (Å²) in [5, 5.41) is 0. The highest BCUT2D eigenvalue weighted by atomic mass is 19.1. The average molecular weight is 330 g/mol. The molecule has 2 nitrogen and oxygen atoms in total. The first-order chi connectivity index (χ1) is 11.5. The molecular weight excluding hydrogens is 303 g/mol. The van der Waals surface area contributed by atoms with E-state index in [1.54, 1.807) is 0 Å². The second-order valence-electron chi connectivity index (χ2n) is 6.43. The molecule has 24 heavy (non-hydrogen) atoms. The second kappa shape index (κ2) is 8.84. The number of rotatable bonds is 8. The number of ether oxygens (including phenoxy) is 2. The molecule has 2 rings (SSSR count). The zero-order chi connectivity index (χ0) is 17.5. The van der Waals surface area contributed by atoms with Gasteiger partial charge in [-0.1, -0.05) is 50.6 Å². The van der Waals surface area contributed by atoms with Crippen LogP contribution in [0.15, 0.2) is 48.5 Å². The van der Waals surface area contributed by atoms with Gasteiger partial charge in [0.25, 0.3) is 0 Å². The Kier molecular flexibility index (Phi) is 6.80. The molecule has 0 aliphatic rings. The molecule has 0 aromatic heterocycles. The number of hydrogen-bond acceptors (Lipinski definition) is 2. The SMILES string of the molecule is CCC(C)[C@@H](OCc1ccccc1)[C@H](C)Oc1cc(C)cc(F)c1. The summed E-state index contributed by atoms with van der Waals surface area (Å²) in [5.41, 5.74) is 1.99. The van der Waals surface area contributed by atoms with Crippen LogP contribution in [-0.2, 0) is 11.3 Å². The third-order valence-corrected chi connectivity index (χ3v) is 4.29. The smallest absolute Gasteiger partial charge is 0.127 e. The molecule has 3 heteroatoms. The van der Waals surface area contributed by atoms with Gasteiger partial charge in [0.05, 0.1) is 12.7 Å². The van der Waals surface area contributed by atoms with Crippen LogP contribution in [0.3, 0.4) is 0 Å². The maximum atomic E-state index is 13.6. The van der Waals surface area contributed by atoms with Crippen LogP contribution in [0.4, 0.5) is 4.39 Å². The van der Waals surface area contributed by atoms with E-state index in [1.807, 2.05) is 38.1 Å². The molecule has 0 bridgehead atoms. The van der Waals surface area contributed by atoms with Gasteiger partial charge in [-0.25, -0.2) is 4.39 Å². The predicted octanol–water partition coefficient (Wildman–Crippen LogP) is 5.53. The molecule has 130 valence electrons. The second-order valence-corrected chi connectivity index (χ2v) is 6.43. The number of halogens is 1. The molecule has 2 aromatic rings. The highest BCUT2D eigenvalue weighted by molar-refractivity contribution is 5.28. The van der Waals surface area contributed by atoms with Crippen LogP contribution in [0.25, 0.3) is 0 Å². The summed E-state index contributed by atoms with van der Waals surface area (Å²) in [6.45, 7) is 8.70. The molecule has 0 fully saturated rings. The minimum absolute atomic E-state index is 0.0567. The largest absolute Gasteiger partial charge is 0.488 e. The van der Waals surface area contributed by atoms with Gasteiger partial charge in [-0.05, 0) is 43.0 Å². The van der Waals surface area contributed by atoms with E-state index < -0.39 is 0 Å². The summed E-state index contributed by atoms with van der Waals surface area (Å²) in [4.78, 5) is 0. The molecule has 0 heterocycles. The van der Waals surface area contributed by atoms with E-state index in [0.29, 0.717) is 18.3 Å². The van der Waals surface area contributed by atoms with Crippen molar-refractivity contribution in [2.75, 3.05) is 0 Å². The van der Waals surface area contributed by atoms with Crippen LogP contribution in [0.2, 0.25) is 0 Å². The lowest BCUT2D eigenvalue weighted by molar-refractivity contribution is -0.0575. The van der Waals surface area contributed by atoms with Crippen LogP contribution in [0, 0.1) is 18.7 Å². The molecule has 0 saturated carbocycles. The van der Waals surface area contributed by atoms with Gasteiger partial charge in [-0.2, -0.15) is 0 Å². The van der Waals surface area contributed by atoms with Gasteiger partial charge in [0, 0.05) is 6.07 Å². The Morgan fingerprint density at radius 1 is 1.04 bits per heavy atom. The van der Waals surface area contributed by atoms with E-state index in [1.165, 1.54) is 12.1 Å². The van der Waals surface area contributed by atoms with E-state index in [4.69, 9.17) is 9.47 Å². The number of aryl methyl sites for hydroxylation is 1. The Bertz CT molecular complexity index is 607. The van der Waals surface area contributed by atoms with Crippen molar-refractivity contribution in [2.45, 2.75) is 52.9 Å². The van der Waals surface area contributed by atoms with Crippen LogP contribution in [0.5, 0.6) is 5.75 Å². The molecule has 1 unspecified atom stereocenters. The van der Waals surface area contributed by atoms with Crippen LogP contribution < -0.4 is 4.74 Å². The lowest BCUT2D eigenvalue weighted by Gasteiger charge is -2.30. The lowest BCUT2D eigenvalue weighted by Crippen LogP contribution is -2.36. The minimum atomic E-state index is -0.275. The van der Waals surface area contributed by atoms with Crippen molar-refractivity contribution >= 4 is 0 Å². The Labute approximate surface area is 144 Å². The summed E-state index contributed by atoms with van der Waals surface area (Å²) >= 11 is 0. The van der Waals surface area contributed by atoms with Crippen molar-refractivity contribution in [1.29, 1.82) is 0 Å². The fourth-order valence-electron chi connectivity index (χ4n) is 2.81. The fraction of sp³-hybridized carbons (Fsp3) is 0.429. The van der Waals surface area contributed by atoms with Gasteiger partial charge in [0.1, 0.15) is 17.7 Å². The van der Waals surface area contributed by atoms with Crippen LogP contribution in [-0.4, -0.2) is 12.2 Å². The Morgan fingerprint density at radius 2 is 1.75 bits per heavy atom. The zero-order valence-electron chi connectivity index (χ0n) is 15.0. The maximum absolute atomic E-state index is 13.6. The maximum Gasteiger partial charge on any atom is 0.127 e. The van der Waals surface area contributed by atoms with Crippen LogP contribution in [0.1, 0.15) is 38.3 Å². The summed E-state index contributed by atoms with van der Waals surface area (Å²) in [6.07, 6.45) is 0.777. The summed E-state index contributed by atoms with van der Waals surface area (Å²) in [6, 6.07) is 14.9. The Balaban J connectivity index is 2.05. The standard InChI is InChI=1S/C21H27FO2/c1-5-16(3)21(23-14-18-9-7-6-8-10-18)17(4)24-20-12-15(2)11-19(22)13-20/h6-13,16-17,21H,5,14H2,1-4H3/t16?,17-,21+/m0/s1. The Morgan fingerprint density at radius 3 is 2.38 bits per heavy atom. The average Bonchev–Trinajstić information content (AvgIpc) is 2.54. The first kappa shape index (κ1) is 18.5. The van der Waals surface area contributed by atoms with Gasteiger partial charge in [-0.3, -0.25) is 0 Å². The quantitative estimate of drug-likeness (QED) is 0.633. The molecular formula is C21H27FO2. The van der Waals surface area contributed by atoms with Crippen molar-refractivity contribution in [3.05, 3.63) is 65.5 Å². The topological polar surface area (TPSA) is 18.5 Å². The molecule has 0 amide bonds. The highest BCUT2D eigenvalue weighted by Crippen LogP contribution is 2.23. The fourth-order valence-corrected chi connectivity index (χ4v) is 2.81. The molecule has 3 atom stereocenters. The van der Waals surface area contributed by atoms with Crippen molar-refractivity contribution in [2.24, 2.45) is 5.92 Å². The molecule has 0 spiro atoms. The van der Waals surface area contributed by atoms with Crippen molar-refractivity contribution in [3.63, 3.8) is 0 Å². The summed E-state index contributed by atoms with van der Waals surface area (Å²) in [7, 11) is 0. The normalized spacial score (nSPS) is 14.9. The summed E-state index contributed by atoms with van der Waals surface area (Å²) in [5.74, 6) is 0.623. The third-order valence-electron chi connectivity index (χ3n) is 4.29. The Hall–Kier alpha value is -1.87. The van der Waals surface area contributed by atoms with E-state index in [2.05, 4.69) is 26.0 Å². The number of hydrogen-bond donors (Lipinski definition) is 0. The lowest BCUT2D eigenvalue weighted by atomic mass is 9.97. The number of benzene rings is 2. The molecule has 0 aliphatic heterocycles. The van der Waals surface area contributed by atoms with Crippen molar-refractivity contribution < 1.29 is 13.9 Å². The monoisotopic (exact) mass is 330 g/mol. The van der Waals surface area contributed by atoms with Gasteiger partial charge < -0.3 is 9.47 Å². The first-order valence-corrected chi connectivity index (χ1v) is 8.59. The third kappa shape index (κ3) is 5.34. The van der Waals surface area contributed by atoms with E-state index >= 15 is 0 Å². The summed E-state index contributed by atoms with van der Waals surface area (Å²) < 4.78 is 25.7. The van der Waals surface area contributed by atoms with E-state index in [-0.39, 0.29) is 18.0 Å². The van der Waals surface area contributed by atoms with Gasteiger partial charge in [0.15, 0.2) is 0 Å². The van der Waals surface area contributed by atoms with Crippen LogP contribution >= 0.6 is 0 Å². The van der Waals surface area contributed by atoms with E-state index in [9.17, 15) is 4.39 Å². The minimum Gasteiger partial charge on any atom is -0.488 e. The van der Waals surface area contributed by atoms with E-state index in [0.717, 1.165) is 17.5 Å². The first-order valence-electron chi connectivity index (χ1n) is 8.59. The molecule has 0 radical (unpaired) electrons. The highest BCUT2D eigenvalue weighted by Gasteiger charge is 2.25. The predicted molar refractivity (Wildman–Crippen MR) is 95.7 cm³/mol. The zero-order valence-corrected chi connectivity index (χ0v) is 15.0. The van der Waals surface area contributed by atoms with Gasteiger partial charge >= 0.3 is 0 Å².